The second kappa shape index (κ2) is 6.47. The number of ether oxygens (including phenoxy) is 2. The molecule has 4 nitrogen and oxygen atoms in total. The number of hydrogen-bond acceptors (Lipinski definition) is 3. The summed E-state index contributed by atoms with van der Waals surface area (Å²) >= 11 is 5.89. The standard InChI is InChI=1S/C12H16ClNO3/c1-8(7-16-2)12(15)14-9-4-5-10(13)11(6-9)17-3/h4-6,8H,7H2,1-3H3,(H,14,15). The van der Waals surface area contributed by atoms with Gasteiger partial charge in [0.15, 0.2) is 0 Å². The number of carbonyl (C=O) groups excluding carboxylic acids is 1. The summed E-state index contributed by atoms with van der Waals surface area (Å²) in [5, 5.41) is 3.28. The van der Waals surface area contributed by atoms with Gasteiger partial charge in [-0.3, -0.25) is 4.79 Å². The first-order valence-corrected chi connectivity index (χ1v) is 5.59. The van der Waals surface area contributed by atoms with E-state index in [0.717, 1.165) is 0 Å². The molecule has 17 heavy (non-hydrogen) atoms. The molecule has 0 radical (unpaired) electrons. The van der Waals surface area contributed by atoms with Crippen LogP contribution in [0, 0.1) is 5.92 Å². The second-order valence-electron chi connectivity index (χ2n) is 3.69. The molecule has 0 fully saturated rings. The quantitative estimate of drug-likeness (QED) is 0.882. The summed E-state index contributed by atoms with van der Waals surface area (Å²) in [6.07, 6.45) is 0. The van der Waals surface area contributed by atoms with E-state index in [1.165, 1.54) is 7.11 Å². The lowest BCUT2D eigenvalue weighted by molar-refractivity contribution is -0.120. The maximum absolute atomic E-state index is 11.7. The third-order valence-corrected chi connectivity index (χ3v) is 2.60. The van der Waals surface area contributed by atoms with Crippen LogP contribution in [-0.4, -0.2) is 26.7 Å². The summed E-state index contributed by atoms with van der Waals surface area (Å²) in [4.78, 5) is 11.7. The van der Waals surface area contributed by atoms with Crippen molar-refractivity contribution in [3.8, 4) is 5.75 Å². The Bertz CT molecular complexity index is 395. The van der Waals surface area contributed by atoms with Gasteiger partial charge in [0.2, 0.25) is 5.91 Å². The second-order valence-corrected chi connectivity index (χ2v) is 4.10. The zero-order valence-corrected chi connectivity index (χ0v) is 10.9. The number of rotatable bonds is 5. The number of carbonyl (C=O) groups is 1. The molecule has 0 saturated carbocycles. The van der Waals surface area contributed by atoms with Crippen LogP contribution in [-0.2, 0) is 9.53 Å². The van der Waals surface area contributed by atoms with Gasteiger partial charge in [-0.2, -0.15) is 0 Å². The molecule has 0 spiro atoms. The fourth-order valence-electron chi connectivity index (χ4n) is 1.33. The number of benzene rings is 1. The molecular weight excluding hydrogens is 242 g/mol. The Morgan fingerprint density at radius 3 is 2.76 bits per heavy atom. The Morgan fingerprint density at radius 1 is 1.47 bits per heavy atom. The van der Waals surface area contributed by atoms with Crippen LogP contribution in [0.4, 0.5) is 5.69 Å². The predicted octanol–water partition coefficient (Wildman–Crippen LogP) is 2.57. The molecule has 1 atom stereocenters. The predicted molar refractivity (Wildman–Crippen MR) is 67.7 cm³/mol. The van der Waals surface area contributed by atoms with Crippen molar-refractivity contribution in [3.05, 3.63) is 23.2 Å². The highest BCUT2D eigenvalue weighted by molar-refractivity contribution is 6.32. The number of amides is 1. The summed E-state index contributed by atoms with van der Waals surface area (Å²) in [5.41, 5.74) is 0.652. The van der Waals surface area contributed by atoms with E-state index in [-0.39, 0.29) is 11.8 Å². The SMILES string of the molecule is COCC(C)C(=O)Nc1ccc(Cl)c(OC)c1. The smallest absolute Gasteiger partial charge is 0.229 e. The fourth-order valence-corrected chi connectivity index (χ4v) is 1.52. The third kappa shape index (κ3) is 3.91. The maximum atomic E-state index is 11.7. The number of halogens is 1. The van der Waals surface area contributed by atoms with E-state index >= 15 is 0 Å². The molecule has 0 bridgehead atoms. The summed E-state index contributed by atoms with van der Waals surface area (Å²) in [7, 11) is 3.09. The van der Waals surface area contributed by atoms with E-state index in [1.54, 1.807) is 32.2 Å². The monoisotopic (exact) mass is 257 g/mol. The maximum Gasteiger partial charge on any atom is 0.229 e. The van der Waals surface area contributed by atoms with Gasteiger partial charge in [-0.25, -0.2) is 0 Å². The van der Waals surface area contributed by atoms with Gasteiger partial charge in [-0.05, 0) is 12.1 Å². The van der Waals surface area contributed by atoms with Crippen LogP contribution in [0.1, 0.15) is 6.92 Å². The zero-order valence-electron chi connectivity index (χ0n) is 10.1. The number of methoxy groups -OCH3 is 2. The fraction of sp³-hybridized carbons (Fsp3) is 0.417. The molecule has 0 aliphatic rings. The largest absolute Gasteiger partial charge is 0.495 e. The summed E-state index contributed by atoms with van der Waals surface area (Å²) in [6, 6.07) is 5.08. The van der Waals surface area contributed by atoms with Crippen LogP contribution in [0.2, 0.25) is 5.02 Å². The van der Waals surface area contributed by atoms with Crippen molar-refractivity contribution in [2.75, 3.05) is 26.1 Å². The van der Waals surface area contributed by atoms with Gasteiger partial charge in [0.1, 0.15) is 5.75 Å². The van der Waals surface area contributed by atoms with Crippen LogP contribution in [0.15, 0.2) is 18.2 Å². The van der Waals surface area contributed by atoms with Crippen molar-refractivity contribution in [1.29, 1.82) is 0 Å². The lowest BCUT2D eigenvalue weighted by atomic mass is 10.2. The van der Waals surface area contributed by atoms with Crippen LogP contribution >= 0.6 is 11.6 Å². The topological polar surface area (TPSA) is 47.6 Å². The molecule has 0 saturated heterocycles. The van der Waals surface area contributed by atoms with Crippen molar-refractivity contribution in [2.45, 2.75) is 6.92 Å². The molecule has 0 aliphatic carbocycles. The molecule has 1 amide bonds. The van der Waals surface area contributed by atoms with Crippen LogP contribution in [0.25, 0.3) is 0 Å². The van der Waals surface area contributed by atoms with Crippen molar-refractivity contribution in [3.63, 3.8) is 0 Å². The number of anilines is 1. The van der Waals surface area contributed by atoms with Gasteiger partial charge in [0.05, 0.1) is 24.7 Å². The normalized spacial score (nSPS) is 12.0. The average Bonchev–Trinajstić information content (AvgIpc) is 2.31. The Hall–Kier alpha value is -1.26. The molecule has 1 rings (SSSR count). The Balaban J connectivity index is 2.71. The average molecular weight is 258 g/mol. The van der Waals surface area contributed by atoms with Crippen LogP contribution in [0.3, 0.4) is 0 Å². The van der Waals surface area contributed by atoms with Crippen LogP contribution in [0.5, 0.6) is 5.75 Å². The summed E-state index contributed by atoms with van der Waals surface area (Å²) < 4.78 is 9.99. The highest BCUT2D eigenvalue weighted by Crippen LogP contribution is 2.27. The lowest BCUT2D eigenvalue weighted by Gasteiger charge is -2.12. The Kier molecular flexibility index (Phi) is 5.25. The van der Waals surface area contributed by atoms with Crippen LogP contribution < -0.4 is 10.1 Å². The van der Waals surface area contributed by atoms with E-state index in [0.29, 0.717) is 23.1 Å². The molecule has 1 aromatic carbocycles. The zero-order chi connectivity index (χ0) is 12.8. The van der Waals surface area contributed by atoms with E-state index in [9.17, 15) is 4.79 Å². The first kappa shape index (κ1) is 13.8. The van der Waals surface area contributed by atoms with Gasteiger partial charge < -0.3 is 14.8 Å². The first-order chi connectivity index (χ1) is 8.08. The van der Waals surface area contributed by atoms with E-state index < -0.39 is 0 Å². The van der Waals surface area contributed by atoms with Crippen molar-refractivity contribution < 1.29 is 14.3 Å². The van der Waals surface area contributed by atoms with E-state index in [4.69, 9.17) is 21.1 Å². The Labute approximate surface area is 106 Å². The highest BCUT2D eigenvalue weighted by Gasteiger charge is 2.13. The molecule has 5 heteroatoms. The number of nitrogens with one attached hydrogen (secondary N) is 1. The van der Waals surface area contributed by atoms with Crippen molar-refractivity contribution in [2.24, 2.45) is 5.92 Å². The third-order valence-electron chi connectivity index (χ3n) is 2.28. The summed E-state index contributed by atoms with van der Waals surface area (Å²) in [6.45, 7) is 2.18. The molecular formula is C12H16ClNO3. The molecule has 94 valence electrons. The van der Waals surface area contributed by atoms with E-state index in [1.807, 2.05) is 0 Å². The molecule has 0 heterocycles. The van der Waals surface area contributed by atoms with Gasteiger partial charge >= 0.3 is 0 Å². The molecule has 1 unspecified atom stereocenters. The van der Waals surface area contributed by atoms with Gasteiger partial charge in [0, 0.05) is 18.9 Å². The van der Waals surface area contributed by atoms with Gasteiger partial charge in [-0.1, -0.05) is 18.5 Å². The molecule has 0 aromatic heterocycles. The highest BCUT2D eigenvalue weighted by atomic mass is 35.5. The lowest BCUT2D eigenvalue weighted by Crippen LogP contribution is -2.23. The molecule has 1 N–H and O–H groups in total. The first-order valence-electron chi connectivity index (χ1n) is 5.21. The minimum absolute atomic E-state index is 0.101. The minimum Gasteiger partial charge on any atom is -0.495 e. The van der Waals surface area contributed by atoms with Gasteiger partial charge in [-0.15, -0.1) is 0 Å². The summed E-state index contributed by atoms with van der Waals surface area (Å²) in [5.74, 6) is 0.224. The molecule has 1 aromatic rings. The van der Waals surface area contributed by atoms with Crippen molar-refractivity contribution >= 4 is 23.2 Å². The van der Waals surface area contributed by atoms with Crippen molar-refractivity contribution in [1.82, 2.24) is 0 Å². The number of hydrogen-bond donors (Lipinski definition) is 1. The van der Waals surface area contributed by atoms with E-state index in [2.05, 4.69) is 5.32 Å². The van der Waals surface area contributed by atoms with Gasteiger partial charge in [0.25, 0.3) is 0 Å². The molecule has 0 aliphatic heterocycles. The Morgan fingerprint density at radius 2 is 2.18 bits per heavy atom. The minimum atomic E-state index is -0.207.